The van der Waals surface area contributed by atoms with Gasteiger partial charge in [0.05, 0.1) is 12.0 Å². The fraction of sp³-hybridized carbons (Fsp3) is 0.818. The summed E-state index contributed by atoms with van der Waals surface area (Å²) in [5.74, 6) is 5.49. The zero-order chi connectivity index (χ0) is 11.5. The van der Waals surface area contributed by atoms with E-state index < -0.39 is 6.10 Å². The molecule has 1 N–H and O–H groups in total. The predicted octanol–water partition coefficient (Wildman–Crippen LogP) is 1.77. The lowest BCUT2D eigenvalue weighted by atomic mass is 10.1. The average molecular weight is 235 g/mol. The number of alkyl halides is 1. The van der Waals surface area contributed by atoms with Crippen molar-refractivity contribution in [3.63, 3.8) is 0 Å². The Bertz CT molecular complexity index is 190. The van der Waals surface area contributed by atoms with Crippen molar-refractivity contribution in [3.05, 3.63) is 0 Å². The second kappa shape index (κ2) is 10.3. The fourth-order valence-corrected chi connectivity index (χ4v) is 1.21. The summed E-state index contributed by atoms with van der Waals surface area (Å²) in [7, 11) is 1.55. The summed E-state index contributed by atoms with van der Waals surface area (Å²) in [6.07, 6.45) is 1.75. The molecule has 3 nitrogen and oxygen atoms in total. The Kier molecular flexibility index (Phi) is 10.1. The highest BCUT2D eigenvalue weighted by Crippen LogP contribution is 2.09. The topological polar surface area (TPSA) is 38.7 Å². The minimum atomic E-state index is -0.787. The van der Waals surface area contributed by atoms with Crippen molar-refractivity contribution in [2.45, 2.75) is 38.4 Å². The predicted molar refractivity (Wildman–Crippen MR) is 60.8 cm³/mol. The SMILES string of the molecule is CCCC[C@H](OCOC)[C@@H](O)C#CCCl. The molecule has 0 unspecified atom stereocenters. The summed E-state index contributed by atoms with van der Waals surface area (Å²) in [6, 6.07) is 0. The number of hydrogen-bond donors (Lipinski definition) is 1. The number of aliphatic hydroxyl groups excluding tert-OH is 1. The first kappa shape index (κ1) is 14.7. The molecule has 0 fully saturated rings. The fourth-order valence-electron chi connectivity index (χ4n) is 1.13. The Balaban J connectivity index is 4.06. The van der Waals surface area contributed by atoms with Crippen LogP contribution in [0, 0.1) is 11.8 Å². The van der Waals surface area contributed by atoms with Crippen molar-refractivity contribution in [3.8, 4) is 11.8 Å². The highest BCUT2D eigenvalue weighted by atomic mass is 35.5. The normalized spacial score (nSPS) is 14.1. The van der Waals surface area contributed by atoms with E-state index >= 15 is 0 Å². The number of rotatable bonds is 7. The number of ether oxygens (including phenoxy) is 2. The third-order valence-electron chi connectivity index (χ3n) is 1.91. The zero-order valence-electron chi connectivity index (χ0n) is 9.33. The van der Waals surface area contributed by atoms with Crippen LogP contribution in [0.3, 0.4) is 0 Å². The molecule has 0 aromatic rings. The number of hydrogen-bond acceptors (Lipinski definition) is 3. The van der Waals surface area contributed by atoms with Crippen molar-refractivity contribution >= 4 is 11.6 Å². The molecular formula is C11H19ClO3. The summed E-state index contributed by atoms with van der Waals surface area (Å²) in [5.41, 5.74) is 0. The Hall–Kier alpha value is -0.270. The standard InChI is InChI=1S/C11H19ClO3/c1-3-4-7-11(15-9-14-2)10(13)6-5-8-12/h10-11,13H,3-4,7-9H2,1-2H3/t10-,11-/m0/s1. The van der Waals surface area contributed by atoms with Crippen molar-refractivity contribution in [1.29, 1.82) is 0 Å². The van der Waals surface area contributed by atoms with Crippen LogP contribution in [0.2, 0.25) is 0 Å². The summed E-state index contributed by atoms with van der Waals surface area (Å²) in [5, 5.41) is 9.68. The van der Waals surface area contributed by atoms with Gasteiger partial charge in [0.1, 0.15) is 12.9 Å². The molecule has 15 heavy (non-hydrogen) atoms. The van der Waals surface area contributed by atoms with Crippen LogP contribution < -0.4 is 0 Å². The first-order valence-electron chi connectivity index (χ1n) is 5.09. The Labute approximate surface area is 96.7 Å². The molecule has 0 aliphatic rings. The minimum absolute atomic E-state index is 0.175. The molecule has 0 bridgehead atoms. The molecule has 4 heteroatoms. The Morgan fingerprint density at radius 1 is 1.47 bits per heavy atom. The Morgan fingerprint density at radius 3 is 2.73 bits per heavy atom. The van der Waals surface area contributed by atoms with Gasteiger partial charge < -0.3 is 14.6 Å². The van der Waals surface area contributed by atoms with Crippen LogP contribution >= 0.6 is 11.6 Å². The van der Waals surface area contributed by atoms with Gasteiger partial charge in [0.15, 0.2) is 0 Å². The average Bonchev–Trinajstić information content (AvgIpc) is 2.26. The molecule has 0 rings (SSSR count). The quantitative estimate of drug-likeness (QED) is 0.415. The first-order chi connectivity index (χ1) is 7.26. The van der Waals surface area contributed by atoms with Crippen molar-refractivity contribution in [2.24, 2.45) is 0 Å². The molecule has 88 valence electrons. The first-order valence-corrected chi connectivity index (χ1v) is 5.62. The van der Waals surface area contributed by atoms with Gasteiger partial charge in [-0.1, -0.05) is 31.6 Å². The van der Waals surface area contributed by atoms with Gasteiger partial charge in [0, 0.05) is 7.11 Å². The summed E-state index contributed by atoms with van der Waals surface area (Å²) >= 11 is 5.41. The van der Waals surface area contributed by atoms with Gasteiger partial charge in [-0.05, 0) is 6.42 Å². The molecule has 0 aromatic heterocycles. The van der Waals surface area contributed by atoms with Gasteiger partial charge in [-0.3, -0.25) is 0 Å². The number of halogens is 1. The molecule has 0 aliphatic heterocycles. The highest BCUT2D eigenvalue weighted by Gasteiger charge is 2.16. The minimum Gasteiger partial charge on any atom is -0.378 e. The number of methoxy groups -OCH3 is 1. The Morgan fingerprint density at radius 2 is 2.20 bits per heavy atom. The van der Waals surface area contributed by atoms with Crippen LogP contribution in [0.5, 0.6) is 0 Å². The van der Waals surface area contributed by atoms with E-state index in [-0.39, 0.29) is 18.8 Å². The van der Waals surface area contributed by atoms with Crippen molar-refractivity contribution in [1.82, 2.24) is 0 Å². The van der Waals surface area contributed by atoms with E-state index in [1.54, 1.807) is 7.11 Å². The lowest BCUT2D eigenvalue weighted by molar-refractivity contribution is -0.103. The van der Waals surface area contributed by atoms with E-state index in [2.05, 4.69) is 18.8 Å². The monoisotopic (exact) mass is 234 g/mol. The van der Waals surface area contributed by atoms with Gasteiger partial charge in [-0.2, -0.15) is 0 Å². The zero-order valence-corrected chi connectivity index (χ0v) is 10.1. The second-order valence-electron chi connectivity index (χ2n) is 3.15. The molecule has 0 aliphatic carbocycles. The van der Waals surface area contributed by atoms with Crippen LogP contribution in [-0.2, 0) is 9.47 Å². The largest absolute Gasteiger partial charge is 0.378 e. The van der Waals surface area contributed by atoms with Crippen molar-refractivity contribution in [2.75, 3.05) is 19.8 Å². The van der Waals surface area contributed by atoms with E-state index in [0.29, 0.717) is 0 Å². The van der Waals surface area contributed by atoms with Crippen LogP contribution in [0.1, 0.15) is 26.2 Å². The number of unbranched alkanes of at least 4 members (excludes halogenated alkanes) is 1. The molecular weight excluding hydrogens is 216 g/mol. The van der Waals surface area contributed by atoms with Gasteiger partial charge in [-0.15, -0.1) is 11.6 Å². The maximum Gasteiger partial charge on any atom is 0.146 e. The van der Waals surface area contributed by atoms with E-state index in [1.165, 1.54) is 0 Å². The van der Waals surface area contributed by atoms with Gasteiger partial charge >= 0.3 is 0 Å². The molecule has 2 atom stereocenters. The van der Waals surface area contributed by atoms with Gasteiger partial charge in [0.25, 0.3) is 0 Å². The maximum atomic E-state index is 9.68. The van der Waals surface area contributed by atoms with Crippen LogP contribution in [-0.4, -0.2) is 37.1 Å². The third-order valence-corrected chi connectivity index (χ3v) is 2.04. The smallest absolute Gasteiger partial charge is 0.146 e. The molecule has 0 saturated carbocycles. The second-order valence-corrected chi connectivity index (χ2v) is 3.42. The molecule has 0 heterocycles. The van der Waals surface area contributed by atoms with E-state index in [4.69, 9.17) is 21.1 Å². The van der Waals surface area contributed by atoms with Crippen LogP contribution in [0.4, 0.5) is 0 Å². The number of aliphatic hydroxyl groups is 1. The third kappa shape index (κ3) is 7.64. The summed E-state index contributed by atoms with van der Waals surface area (Å²) < 4.78 is 10.1. The van der Waals surface area contributed by atoms with Crippen LogP contribution in [0.25, 0.3) is 0 Å². The lowest BCUT2D eigenvalue weighted by Gasteiger charge is -2.19. The van der Waals surface area contributed by atoms with Crippen LogP contribution in [0.15, 0.2) is 0 Å². The van der Waals surface area contributed by atoms with E-state index in [0.717, 1.165) is 19.3 Å². The van der Waals surface area contributed by atoms with Crippen molar-refractivity contribution < 1.29 is 14.6 Å². The summed E-state index contributed by atoms with van der Waals surface area (Å²) in [4.78, 5) is 0. The highest BCUT2D eigenvalue weighted by molar-refractivity contribution is 6.19. The maximum absolute atomic E-state index is 9.68. The lowest BCUT2D eigenvalue weighted by Crippen LogP contribution is -2.28. The van der Waals surface area contributed by atoms with Gasteiger partial charge in [0.2, 0.25) is 0 Å². The molecule has 0 radical (unpaired) electrons. The molecule has 0 aromatic carbocycles. The van der Waals surface area contributed by atoms with Gasteiger partial charge in [-0.25, -0.2) is 0 Å². The molecule has 0 amide bonds. The molecule has 0 saturated heterocycles. The van der Waals surface area contributed by atoms with E-state index in [9.17, 15) is 5.11 Å². The molecule has 0 spiro atoms. The summed E-state index contributed by atoms with van der Waals surface area (Å²) in [6.45, 7) is 2.26. The van der Waals surface area contributed by atoms with E-state index in [1.807, 2.05) is 0 Å².